The molecule has 22 heavy (non-hydrogen) atoms. The van der Waals surface area contributed by atoms with Crippen molar-refractivity contribution in [3.63, 3.8) is 0 Å². The number of nitrogens with zero attached hydrogens (tertiary/aromatic N) is 2. The van der Waals surface area contributed by atoms with Gasteiger partial charge in [-0.3, -0.25) is 4.72 Å². The number of benzene rings is 1. The molecule has 2 aromatic heterocycles. The summed E-state index contributed by atoms with van der Waals surface area (Å²) in [5.74, 6) is 0.413. The zero-order valence-electron chi connectivity index (χ0n) is 11.5. The molecule has 0 bridgehead atoms. The van der Waals surface area contributed by atoms with Crippen LogP contribution in [0.2, 0.25) is 5.02 Å². The number of ether oxygens (including phenoxy) is 1. The maximum Gasteiger partial charge on any atom is 0.262 e. The summed E-state index contributed by atoms with van der Waals surface area (Å²) in [4.78, 5) is 4.18. The highest BCUT2D eigenvalue weighted by Gasteiger charge is 2.17. The Hall–Kier alpha value is -2.25. The highest BCUT2D eigenvalue weighted by atomic mass is 35.5. The van der Waals surface area contributed by atoms with Gasteiger partial charge in [0, 0.05) is 18.6 Å². The molecule has 6 nitrogen and oxygen atoms in total. The van der Waals surface area contributed by atoms with Crippen molar-refractivity contribution in [2.24, 2.45) is 0 Å². The fraction of sp³-hybridized carbons (Fsp3) is 0.0714. The maximum absolute atomic E-state index is 12.5. The Morgan fingerprint density at radius 1 is 1.27 bits per heavy atom. The highest BCUT2D eigenvalue weighted by Crippen LogP contribution is 2.28. The molecule has 3 rings (SSSR count). The molecule has 0 atom stereocenters. The van der Waals surface area contributed by atoms with Gasteiger partial charge < -0.3 is 9.14 Å². The van der Waals surface area contributed by atoms with Crippen LogP contribution in [0.15, 0.2) is 53.8 Å². The van der Waals surface area contributed by atoms with Gasteiger partial charge in [0.2, 0.25) is 0 Å². The van der Waals surface area contributed by atoms with Gasteiger partial charge in [0.1, 0.15) is 5.75 Å². The number of fused-ring (bicyclic) bond motifs is 1. The summed E-state index contributed by atoms with van der Waals surface area (Å²) < 4.78 is 34.2. The zero-order chi connectivity index (χ0) is 15.7. The Morgan fingerprint density at radius 3 is 2.82 bits per heavy atom. The fourth-order valence-corrected chi connectivity index (χ4v) is 3.46. The first kappa shape index (κ1) is 14.7. The first-order valence-corrected chi connectivity index (χ1v) is 8.15. The van der Waals surface area contributed by atoms with Crippen LogP contribution in [-0.2, 0) is 10.0 Å². The first-order chi connectivity index (χ1) is 10.5. The van der Waals surface area contributed by atoms with Crippen LogP contribution >= 0.6 is 11.6 Å². The molecule has 1 aromatic carbocycles. The number of rotatable bonds is 4. The van der Waals surface area contributed by atoms with Crippen LogP contribution in [0.1, 0.15) is 0 Å². The van der Waals surface area contributed by atoms with E-state index in [9.17, 15) is 8.42 Å². The molecule has 0 saturated heterocycles. The van der Waals surface area contributed by atoms with E-state index in [1.165, 1.54) is 25.3 Å². The van der Waals surface area contributed by atoms with Crippen LogP contribution in [0.3, 0.4) is 0 Å². The lowest BCUT2D eigenvalue weighted by Crippen LogP contribution is -2.13. The number of pyridine rings is 1. The monoisotopic (exact) mass is 337 g/mol. The van der Waals surface area contributed by atoms with Crippen molar-refractivity contribution in [1.82, 2.24) is 9.38 Å². The average Bonchev–Trinajstić information content (AvgIpc) is 2.96. The van der Waals surface area contributed by atoms with Gasteiger partial charge in [-0.15, -0.1) is 0 Å². The van der Waals surface area contributed by atoms with E-state index in [0.29, 0.717) is 17.1 Å². The Kier molecular flexibility index (Phi) is 3.67. The molecule has 0 aliphatic carbocycles. The van der Waals surface area contributed by atoms with E-state index in [2.05, 4.69) is 9.71 Å². The number of methoxy groups -OCH3 is 1. The second-order valence-electron chi connectivity index (χ2n) is 4.48. The first-order valence-electron chi connectivity index (χ1n) is 6.29. The van der Waals surface area contributed by atoms with E-state index in [1.54, 1.807) is 35.1 Å². The molecule has 8 heteroatoms. The molecular formula is C14H12ClN3O3S. The lowest BCUT2D eigenvalue weighted by molar-refractivity contribution is 0.414. The number of anilines is 1. The largest absolute Gasteiger partial charge is 0.495 e. The van der Waals surface area contributed by atoms with Crippen LogP contribution in [-0.4, -0.2) is 24.9 Å². The van der Waals surface area contributed by atoms with Crippen LogP contribution in [0.4, 0.5) is 5.69 Å². The van der Waals surface area contributed by atoms with Crippen molar-refractivity contribution in [2.75, 3.05) is 11.8 Å². The zero-order valence-corrected chi connectivity index (χ0v) is 13.1. The van der Waals surface area contributed by atoms with Gasteiger partial charge in [-0.25, -0.2) is 13.4 Å². The third-order valence-electron chi connectivity index (χ3n) is 3.10. The van der Waals surface area contributed by atoms with Gasteiger partial charge in [-0.1, -0.05) is 11.6 Å². The number of halogens is 1. The van der Waals surface area contributed by atoms with Gasteiger partial charge in [0.25, 0.3) is 10.0 Å². The van der Waals surface area contributed by atoms with Gasteiger partial charge in [0.05, 0.1) is 22.7 Å². The predicted molar refractivity (Wildman–Crippen MR) is 84.0 cm³/mol. The van der Waals surface area contributed by atoms with E-state index < -0.39 is 10.0 Å². The Balaban J connectivity index is 2.00. The van der Waals surface area contributed by atoms with Crippen molar-refractivity contribution in [3.05, 3.63) is 53.9 Å². The molecule has 0 saturated carbocycles. The van der Waals surface area contributed by atoms with Crippen LogP contribution in [0, 0.1) is 0 Å². The summed E-state index contributed by atoms with van der Waals surface area (Å²) in [7, 11) is -2.31. The van der Waals surface area contributed by atoms with Gasteiger partial charge in [0.15, 0.2) is 5.65 Å². The molecule has 0 aliphatic rings. The third-order valence-corrected chi connectivity index (χ3v) is 4.76. The standard InChI is InChI=1S/C14H12ClN3O3S/c1-21-13-5-4-10(9-11(13)15)22(19,20)17-12-3-2-7-18-8-6-16-14(12)18/h2-9,17H,1H3. The number of sulfonamides is 1. The molecule has 0 fully saturated rings. The second-order valence-corrected chi connectivity index (χ2v) is 6.57. The number of imidazole rings is 1. The van der Waals surface area contributed by atoms with E-state index in [-0.39, 0.29) is 9.92 Å². The molecular weight excluding hydrogens is 326 g/mol. The van der Waals surface area contributed by atoms with Crippen LogP contribution in [0.25, 0.3) is 5.65 Å². The number of nitrogens with one attached hydrogen (secondary N) is 1. The predicted octanol–water partition coefficient (Wildman–Crippen LogP) is 2.80. The summed E-state index contributed by atoms with van der Waals surface area (Å²) in [5.41, 5.74) is 0.908. The van der Waals surface area contributed by atoms with Gasteiger partial charge in [-0.05, 0) is 30.3 Å². The Morgan fingerprint density at radius 2 is 2.09 bits per heavy atom. The summed E-state index contributed by atoms with van der Waals surface area (Å²) in [6.07, 6.45) is 5.11. The van der Waals surface area contributed by atoms with E-state index >= 15 is 0 Å². The van der Waals surface area contributed by atoms with Crippen LogP contribution < -0.4 is 9.46 Å². The smallest absolute Gasteiger partial charge is 0.262 e. The maximum atomic E-state index is 12.5. The lowest BCUT2D eigenvalue weighted by Gasteiger charge is -2.10. The minimum atomic E-state index is -3.77. The Labute approximate surface area is 132 Å². The van der Waals surface area contributed by atoms with Crippen molar-refractivity contribution < 1.29 is 13.2 Å². The van der Waals surface area contributed by atoms with E-state index in [0.717, 1.165) is 0 Å². The molecule has 0 aliphatic heterocycles. The number of aromatic nitrogens is 2. The second kappa shape index (κ2) is 5.51. The molecule has 1 N–H and O–H groups in total. The third kappa shape index (κ3) is 2.60. The van der Waals surface area contributed by atoms with Crippen molar-refractivity contribution in [1.29, 1.82) is 0 Å². The minimum Gasteiger partial charge on any atom is -0.495 e. The normalized spacial score (nSPS) is 11.5. The summed E-state index contributed by atoms with van der Waals surface area (Å²) >= 11 is 5.98. The van der Waals surface area contributed by atoms with Gasteiger partial charge >= 0.3 is 0 Å². The van der Waals surface area contributed by atoms with E-state index in [1.807, 2.05) is 0 Å². The topological polar surface area (TPSA) is 72.7 Å². The Bertz CT molecular complexity index is 937. The van der Waals surface area contributed by atoms with Gasteiger partial charge in [-0.2, -0.15) is 0 Å². The van der Waals surface area contributed by atoms with E-state index in [4.69, 9.17) is 16.3 Å². The minimum absolute atomic E-state index is 0.0480. The molecule has 114 valence electrons. The summed E-state index contributed by atoms with van der Waals surface area (Å²) in [6.45, 7) is 0. The van der Waals surface area contributed by atoms with Crippen molar-refractivity contribution >= 4 is 33.0 Å². The number of hydrogen-bond acceptors (Lipinski definition) is 4. The lowest BCUT2D eigenvalue weighted by atomic mass is 10.3. The SMILES string of the molecule is COc1ccc(S(=O)(=O)Nc2cccn3ccnc23)cc1Cl. The molecule has 0 unspecified atom stereocenters. The van der Waals surface area contributed by atoms with Crippen molar-refractivity contribution in [3.8, 4) is 5.75 Å². The average molecular weight is 338 g/mol. The summed E-state index contributed by atoms with van der Waals surface area (Å²) in [6, 6.07) is 7.65. The molecule has 0 spiro atoms. The van der Waals surface area contributed by atoms with Crippen molar-refractivity contribution in [2.45, 2.75) is 4.90 Å². The summed E-state index contributed by atoms with van der Waals surface area (Å²) in [5, 5.41) is 0.226. The molecule has 0 amide bonds. The fourth-order valence-electron chi connectivity index (χ4n) is 2.05. The number of hydrogen-bond donors (Lipinski definition) is 1. The molecule has 2 heterocycles. The highest BCUT2D eigenvalue weighted by molar-refractivity contribution is 7.92. The molecule has 3 aromatic rings. The quantitative estimate of drug-likeness (QED) is 0.794. The molecule has 0 radical (unpaired) electrons. The van der Waals surface area contributed by atoms with Crippen LogP contribution in [0.5, 0.6) is 5.75 Å².